The van der Waals surface area contributed by atoms with Gasteiger partial charge in [0, 0.05) is 24.9 Å². The van der Waals surface area contributed by atoms with E-state index >= 15 is 0 Å². The zero-order valence-electron chi connectivity index (χ0n) is 11.9. The molecule has 17 heavy (non-hydrogen) atoms. The lowest BCUT2D eigenvalue weighted by molar-refractivity contribution is 0.255. The van der Waals surface area contributed by atoms with Gasteiger partial charge in [-0.05, 0) is 33.4 Å². The monoisotopic (exact) mass is 264 g/mol. The second kappa shape index (κ2) is 8.06. The Balaban J connectivity index is 3.71. The number of sulfone groups is 1. The van der Waals surface area contributed by atoms with Gasteiger partial charge >= 0.3 is 0 Å². The first-order chi connectivity index (χ1) is 7.72. The Morgan fingerprint density at radius 3 is 2.29 bits per heavy atom. The van der Waals surface area contributed by atoms with Crippen LogP contribution < -0.4 is 5.32 Å². The minimum atomic E-state index is -2.84. The van der Waals surface area contributed by atoms with Crippen molar-refractivity contribution in [3.8, 4) is 0 Å². The van der Waals surface area contributed by atoms with E-state index in [0.29, 0.717) is 18.6 Å². The van der Waals surface area contributed by atoms with Crippen LogP contribution in [0.5, 0.6) is 0 Å². The van der Waals surface area contributed by atoms with Crippen LogP contribution in [0.2, 0.25) is 0 Å². The van der Waals surface area contributed by atoms with Gasteiger partial charge in [-0.2, -0.15) is 0 Å². The first kappa shape index (κ1) is 16.9. The van der Waals surface area contributed by atoms with Crippen molar-refractivity contribution in [3.05, 3.63) is 0 Å². The van der Waals surface area contributed by atoms with E-state index in [1.54, 1.807) is 0 Å². The topological polar surface area (TPSA) is 49.4 Å². The summed E-state index contributed by atoms with van der Waals surface area (Å²) in [4.78, 5) is 2.12. The number of nitrogens with one attached hydrogen (secondary N) is 1. The molecule has 4 nitrogen and oxygen atoms in total. The molecule has 0 aliphatic heterocycles. The van der Waals surface area contributed by atoms with Gasteiger partial charge in [0.15, 0.2) is 0 Å². The van der Waals surface area contributed by atoms with Gasteiger partial charge in [-0.15, -0.1) is 0 Å². The molecule has 1 atom stereocenters. The van der Waals surface area contributed by atoms with Crippen LogP contribution in [-0.4, -0.2) is 57.5 Å². The van der Waals surface area contributed by atoms with Crippen LogP contribution in [0.25, 0.3) is 0 Å². The molecule has 5 heteroatoms. The van der Waals surface area contributed by atoms with Crippen molar-refractivity contribution in [1.29, 1.82) is 0 Å². The van der Waals surface area contributed by atoms with E-state index in [-0.39, 0.29) is 5.75 Å². The van der Waals surface area contributed by atoms with Crippen LogP contribution in [0.3, 0.4) is 0 Å². The molecular weight excluding hydrogens is 236 g/mol. The SMILES string of the molecule is CC(C)NCCCC(C)N(C)CCS(C)(=O)=O. The number of hydrogen-bond donors (Lipinski definition) is 1. The molecule has 0 aliphatic rings. The molecular formula is C12H28N2O2S. The van der Waals surface area contributed by atoms with Gasteiger partial charge in [-0.3, -0.25) is 0 Å². The Labute approximate surface area is 107 Å². The predicted octanol–water partition coefficient (Wildman–Crippen LogP) is 1.13. The quantitative estimate of drug-likeness (QED) is 0.634. The largest absolute Gasteiger partial charge is 0.315 e. The second-order valence-corrected chi connectivity index (χ2v) is 7.47. The maximum atomic E-state index is 11.1. The summed E-state index contributed by atoms with van der Waals surface area (Å²) in [6.07, 6.45) is 3.51. The van der Waals surface area contributed by atoms with E-state index in [9.17, 15) is 8.42 Å². The summed E-state index contributed by atoms with van der Waals surface area (Å²) in [5.41, 5.74) is 0. The highest BCUT2D eigenvalue weighted by molar-refractivity contribution is 7.90. The summed E-state index contributed by atoms with van der Waals surface area (Å²) in [6.45, 7) is 8.08. The Hall–Kier alpha value is -0.130. The molecule has 0 spiro atoms. The van der Waals surface area contributed by atoms with Crippen molar-refractivity contribution >= 4 is 9.84 Å². The highest BCUT2D eigenvalue weighted by atomic mass is 32.2. The second-order valence-electron chi connectivity index (χ2n) is 5.21. The highest BCUT2D eigenvalue weighted by Gasteiger charge is 2.11. The van der Waals surface area contributed by atoms with E-state index < -0.39 is 9.84 Å². The van der Waals surface area contributed by atoms with Crippen molar-refractivity contribution in [1.82, 2.24) is 10.2 Å². The zero-order chi connectivity index (χ0) is 13.5. The minimum absolute atomic E-state index is 0.248. The fraction of sp³-hybridized carbons (Fsp3) is 1.00. The molecule has 0 fully saturated rings. The Morgan fingerprint density at radius 2 is 1.82 bits per heavy atom. The normalized spacial score (nSPS) is 14.5. The lowest BCUT2D eigenvalue weighted by atomic mass is 10.1. The van der Waals surface area contributed by atoms with E-state index in [1.165, 1.54) is 6.26 Å². The van der Waals surface area contributed by atoms with Crippen molar-refractivity contribution in [2.24, 2.45) is 0 Å². The van der Waals surface area contributed by atoms with E-state index in [2.05, 4.69) is 31.0 Å². The van der Waals surface area contributed by atoms with Crippen LogP contribution in [0.15, 0.2) is 0 Å². The third-order valence-corrected chi connectivity index (χ3v) is 3.84. The molecule has 0 aromatic heterocycles. The zero-order valence-corrected chi connectivity index (χ0v) is 12.7. The van der Waals surface area contributed by atoms with Crippen molar-refractivity contribution < 1.29 is 8.42 Å². The average Bonchev–Trinajstić information content (AvgIpc) is 2.19. The molecule has 0 bridgehead atoms. The summed E-state index contributed by atoms with van der Waals surface area (Å²) in [6, 6.07) is 0.971. The van der Waals surface area contributed by atoms with E-state index in [1.807, 2.05) is 7.05 Å². The number of rotatable bonds is 9. The Kier molecular flexibility index (Phi) is 8.00. The Bertz CT molecular complexity index is 289. The fourth-order valence-corrected chi connectivity index (χ4v) is 2.16. The van der Waals surface area contributed by atoms with E-state index in [0.717, 1.165) is 19.4 Å². The third-order valence-electron chi connectivity index (χ3n) is 2.92. The van der Waals surface area contributed by atoms with Gasteiger partial charge < -0.3 is 10.2 Å². The number of nitrogens with zero attached hydrogens (tertiary/aromatic N) is 1. The van der Waals surface area contributed by atoms with Crippen LogP contribution in [0.4, 0.5) is 0 Å². The van der Waals surface area contributed by atoms with Crippen LogP contribution in [0.1, 0.15) is 33.6 Å². The first-order valence-electron chi connectivity index (χ1n) is 6.33. The maximum Gasteiger partial charge on any atom is 0.148 e. The summed E-state index contributed by atoms with van der Waals surface area (Å²) < 4.78 is 22.1. The molecule has 1 N–H and O–H groups in total. The van der Waals surface area contributed by atoms with Crippen LogP contribution in [0, 0.1) is 0 Å². The molecule has 0 saturated carbocycles. The van der Waals surface area contributed by atoms with Gasteiger partial charge in [-0.1, -0.05) is 13.8 Å². The molecule has 1 unspecified atom stereocenters. The molecule has 0 radical (unpaired) electrons. The molecule has 0 amide bonds. The molecule has 0 aromatic carbocycles. The summed E-state index contributed by atoms with van der Waals surface area (Å²) >= 11 is 0. The van der Waals surface area contributed by atoms with E-state index in [4.69, 9.17) is 0 Å². The number of hydrogen-bond acceptors (Lipinski definition) is 4. The van der Waals surface area contributed by atoms with Gasteiger partial charge in [0.05, 0.1) is 5.75 Å². The summed E-state index contributed by atoms with van der Waals surface area (Å²) in [7, 11) is -0.851. The molecule has 0 aromatic rings. The highest BCUT2D eigenvalue weighted by Crippen LogP contribution is 2.04. The molecule has 0 heterocycles. The van der Waals surface area contributed by atoms with Gasteiger partial charge in [-0.25, -0.2) is 8.42 Å². The molecule has 0 rings (SSSR count). The van der Waals surface area contributed by atoms with Crippen molar-refractivity contribution in [2.75, 3.05) is 32.1 Å². The van der Waals surface area contributed by atoms with Crippen molar-refractivity contribution in [2.45, 2.75) is 45.7 Å². The van der Waals surface area contributed by atoms with Gasteiger partial charge in [0.25, 0.3) is 0 Å². The Morgan fingerprint density at radius 1 is 1.24 bits per heavy atom. The van der Waals surface area contributed by atoms with Gasteiger partial charge in [0.2, 0.25) is 0 Å². The summed E-state index contributed by atoms with van der Waals surface area (Å²) in [5, 5.41) is 3.38. The molecule has 104 valence electrons. The fourth-order valence-electron chi connectivity index (χ4n) is 1.54. The molecule has 0 aliphatic carbocycles. The lowest BCUT2D eigenvalue weighted by Crippen LogP contribution is -2.34. The maximum absolute atomic E-state index is 11.1. The first-order valence-corrected chi connectivity index (χ1v) is 8.39. The standard InChI is InChI=1S/C12H28N2O2S/c1-11(2)13-8-6-7-12(3)14(4)9-10-17(5,15)16/h11-13H,6-10H2,1-5H3. The lowest BCUT2D eigenvalue weighted by Gasteiger charge is -2.24. The van der Waals surface area contributed by atoms with Crippen LogP contribution in [-0.2, 0) is 9.84 Å². The third kappa shape index (κ3) is 10.7. The average molecular weight is 264 g/mol. The smallest absolute Gasteiger partial charge is 0.148 e. The van der Waals surface area contributed by atoms with Crippen molar-refractivity contribution in [3.63, 3.8) is 0 Å². The van der Waals surface area contributed by atoms with Gasteiger partial charge in [0.1, 0.15) is 9.84 Å². The molecule has 0 saturated heterocycles. The minimum Gasteiger partial charge on any atom is -0.315 e. The van der Waals surface area contributed by atoms with Crippen LogP contribution >= 0.6 is 0 Å². The predicted molar refractivity (Wildman–Crippen MR) is 74.2 cm³/mol. The summed E-state index contributed by atoms with van der Waals surface area (Å²) in [5.74, 6) is 0.248.